The van der Waals surface area contributed by atoms with Crippen LogP contribution in [0.15, 0.2) is 35.7 Å². The number of rotatable bonds is 7. The Kier molecular flexibility index (Phi) is 6.20. The van der Waals surface area contributed by atoms with Crippen LogP contribution in [-0.2, 0) is 16.6 Å². The molecule has 0 aromatic heterocycles. The molecule has 1 rings (SSSR count). The number of benzene rings is 1. The van der Waals surface area contributed by atoms with Gasteiger partial charge >= 0.3 is 0 Å². The molecule has 6 heteroatoms. The highest BCUT2D eigenvalue weighted by Gasteiger charge is 2.20. The molecule has 4 nitrogen and oxygen atoms in total. The molecule has 0 atom stereocenters. The van der Waals surface area contributed by atoms with Crippen LogP contribution < -0.4 is 5.32 Å². The molecule has 0 fully saturated rings. The van der Waals surface area contributed by atoms with Gasteiger partial charge in [-0.3, -0.25) is 0 Å². The number of hydrogen-bond acceptors (Lipinski definition) is 3. The monoisotopic (exact) mass is 316 g/mol. The summed E-state index contributed by atoms with van der Waals surface area (Å²) in [5.74, 6) is 0. The van der Waals surface area contributed by atoms with Gasteiger partial charge in [-0.2, -0.15) is 4.31 Å². The molecule has 0 unspecified atom stereocenters. The Morgan fingerprint density at radius 1 is 1.45 bits per heavy atom. The molecule has 0 bridgehead atoms. The van der Waals surface area contributed by atoms with E-state index in [0.717, 1.165) is 5.56 Å². The lowest BCUT2D eigenvalue weighted by molar-refractivity contribution is 0.499. The zero-order chi connectivity index (χ0) is 15.3. The molecule has 0 aliphatic rings. The minimum Gasteiger partial charge on any atom is -0.310 e. The van der Waals surface area contributed by atoms with E-state index in [1.165, 1.54) is 17.4 Å². The van der Waals surface area contributed by atoms with E-state index in [-0.39, 0.29) is 11.4 Å². The molecule has 0 radical (unpaired) electrons. The van der Waals surface area contributed by atoms with Crippen molar-refractivity contribution in [2.24, 2.45) is 0 Å². The minimum atomic E-state index is -3.51. The highest BCUT2D eigenvalue weighted by Crippen LogP contribution is 2.23. The molecule has 20 heavy (non-hydrogen) atoms. The second-order valence-electron chi connectivity index (χ2n) is 4.86. The molecule has 112 valence electrons. The van der Waals surface area contributed by atoms with Crippen LogP contribution in [0.2, 0.25) is 5.02 Å². The first-order valence-corrected chi connectivity index (χ1v) is 8.20. The number of nitrogens with zero attached hydrogens (tertiary/aromatic N) is 1. The quantitative estimate of drug-likeness (QED) is 0.787. The highest BCUT2D eigenvalue weighted by atomic mass is 35.5. The van der Waals surface area contributed by atoms with E-state index in [4.69, 9.17) is 11.6 Å². The lowest BCUT2D eigenvalue weighted by Gasteiger charge is -2.16. The first-order chi connectivity index (χ1) is 9.28. The van der Waals surface area contributed by atoms with Crippen molar-refractivity contribution in [1.82, 2.24) is 9.62 Å². The van der Waals surface area contributed by atoms with E-state index < -0.39 is 10.0 Å². The van der Waals surface area contributed by atoms with Crippen molar-refractivity contribution in [3.8, 4) is 0 Å². The van der Waals surface area contributed by atoms with Crippen LogP contribution in [0, 0.1) is 0 Å². The molecular weight excluding hydrogens is 296 g/mol. The van der Waals surface area contributed by atoms with E-state index in [1.807, 2.05) is 13.8 Å². The van der Waals surface area contributed by atoms with Gasteiger partial charge in [-0.25, -0.2) is 8.42 Å². The van der Waals surface area contributed by atoms with Crippen LogP contribution >= 0.6 is 11.6 Å². The smallest absolute Gasteiger partial charge is 0.243 e. The van der Waals surface area contributed by atoms with Gasteiger partial charge in [0.25, 0.3) is 0 Å². The number of nitrogens with one attached hydrogen (secondary N) is 1. The van der Waals surface area contributed by atoms with Crippen LogP contribution in [0.4, 0.5) is 0 Å². The lowest BCUT2D eigenvalue weighted by atomic mass is 10.2. The molecule has 0 aliphatic carbocycles. The predicted octanol–water partition coefficient (Wildman–Crippen LogP) is 2.64. The van der Waals surface area contributed by atoms with Crippen molar-refractivity contribution >= 4 is 21.6 Å². The van der Waals surface area contributed by atoms with Gasteiger partial charge in [0, 0.05) is 31.2 Å². The van der Waals surface area contributed by atoms with E-state index in [2.05, 4.69) is 11.9 Å². The summed E-state index contributed by atoms with van der Waals surface area (Å²) in [5.41, 5.74) is 0.880. The number of likely N-dealkylation sites (N-methyl/N-ethyl adjacent to an activating group) is 1. The topological polar surface area (TPSA) is 49.4 Å². The summed E-state index contributed by atoms with van der Waals surface area (Å²) in [7, 11) is -2.00. The molecule has 1 N–H and O–H groups in total. The van der Waals surface area contributed by atoms with Gasteiger partial charge in [0.15, 0.2) is 0 Å². The summed E-state index contributed by atoms with van der Waals surface area (Å²) < 4.78 is 25.7. The van der Waals surface area contributed by atoms with Crippen molar-refractivity contribution in [3.63, 3.8) is 0 Å². The minimum absolute atomic E-state index is 0.195. The van der Waals surface area contributed by atoms with Crippen molar-refractivity contribution < 1.29 is 8.42 Å². The fourth-order valence-corrected chi connectivity index (χ4v) is 3.09. The van der Waals surface area contributed by atoms with Gasteiger partial charge in [-0.05, 0) is 17.7 Å². The van der Waals surface area contributed by atoms with Gasteiger partial charge in [0.1, 0.15) is 0 Å². The zero-order valence-electron chi connectivity index (χ0n) is 12.1. The van der Waals surface area contributed by atoms with E-state index in [9.17, 15) is 8.42 Å². The zero-order valence-corrected chi connectivity index (χ0v) is 13.6. The fourth-order valence-electron chi connectivity index (χ4n) is 1.61. The van der Waals surface area contributed by atoms with Crippen molar-refractivity contribution in [3.05, 3.63) is 41.4 Å². The van der Waals surface area contributed by atoms with Crippen LogP contribution in [0.1, 0.15) is 19.4 Å². The van der Waals surface area contributed by atoms with Gasteiger partial charge in [0.05, 0.1) is 4.90 Å². The SMILES string of the molecule is C=CCN(C)S(=O)(=O)c1ccc(CNC(C)C)c(Cl)c1. The molecule has 0 saturated heterocycles. The van der Waals surface area contributed by atoms with Crippen LogP contribution in [0.3, 0.4) is 0 Å². The number of sulfonamides is 1. The largest absolute Gasteiger partial charge is 0.310 e. The Morgan fingerprint density at radius 2 is 2.10 bits per heavy atom. The van der Waals surface area contributed by atoms with Crippen LogP contribution in [-0.4, -0.2) is 32.4 Å². The lowest BCUT2D eigenvalue weighted by Crippen LogP contribution is -2.27. The molecular formula is C14H21ClN2O2S. The van der Waals surface area contributed by atoms with Crippen molar-refractivity contribution in [2.45, 2.75) is 31.3 Å². The van der Waals surface area contributed by atoms with E-state index in [0.29, 0.717) is 17.6 Å². The van der Waals surface area contributed by atoms with E-state index in [1.54, 1.807) is 18.2 Å². The van der Waals surface area contributed by atoms with Crippen LogP contribution in [0.25, 0.3) is 0 Å². The Balaban J connectivity index is 2.99. The molecule has 0 aliphatic heterocycles. The summed E-state index contributed by atoms with van der Waals surface area (Å²) in [5, 5.41) is 3.70. The summed E-state index contributed by atoms with van der Waals surface area (Å²) in [4.78, 5) is 0.195. The average molecular weight is 317 g/mol. The van der Waals surface area contributed by atoms with Crippen molar-refractivity contribution in [2.75, 3.05) is 13.6 Å². The second-order valence-corrected chi connectivity index (χ2v) is 7.32. The first-order valence-electron chi connectivity index (χ1n) is 6.38. The first kappa shape index (κ1) is 17.2. The Bertz CT molecular complexity index is 571. The van der Waals surface area contributed by atoms with Crippen LogP contribution in [0.5, 0.6) is 0 Å². The Labute approximate surface area is 126 Å². The third kappa shape index (κ3) is 4.31. The van der Waals surface area contributed by atoms with E-state index >= 15 is 0 Å². The molecule has 0 heterocycles. The third-order valence-electron chi connectivity index (χ3n) is 2.82. The predicted molar refractivity (Wildman–Crippen MR) is 83.4 cm³/mol. The maximum atomic E-state index is 12.3. The molecule has 0 saturated carbocycles. The average Bonchev–Trinajstić information content (AvgIpc) is 2.37. The van der Waals surface area contributed by atoms with Gasteiger partial charge < -0.3 is 5.32 Å². The normalized spacial score (nSPS) is 12.1. The maximum Gasteiger partial charge on any atom is 0.243 e. The molecule has 1 aromatic rings. The van der Waals surface area contributed by atoms with Gasteiger partial charge in [0.2, 0.25) is 10.0 Å². The van der Waals surface area contributed by atoms with Crippen molar-refractivity contribution in [1.29, 1.82) is 0 Å². The van der Waals surface area contributed by atoms with Gasteiger partial charge in [-0.1, -0.05) is 37.6 Å². The summed E-state index contributed by atoms with van der Waals surface area (Å²) >= 11 is 6.16. The number of hydrogen-bond donors (Lipinski definition) is 1. The number of halogens is 1. The third-order valence-corrected chi connectivity index (χ3v) is 4.99. The molecule has 0 spiro atoms. The molecule has 0 amide bonds. The summed E-state index contributed by atoms with van der Waals surface area (Å²) in [6.45, 7) is 8.49. The standard InChI is InChI=1S/C14H21ClN2O2S/c1-5-8-17(4)20(18,19)13-7-6-12(14(15)9-13)10-16-11(2)3/h5-7,9,11,16H,1,8,10H2,2-4H3. The molecule has 1 aromatic carbocycles. The maximum absolute atomic E-state index is 12.3. The Hall–Kier alpha value is -0.880. The summed E-state index contributed by atoms with van der Waals surface area (Å²) in [6, 6.07) is 5.16. The van der Waals surface area contributed by atoms with Gasteiger partial charge in [-0.15, -0.1) is 6.58 Å². The fraction of sp³-hybridized carbons (Fsp3) is 0.429. The second kappa shape index (κ2) is 7.22. The highest BCUT2D eigenvalue weighted by molar-refractivity contribution is 7.89. The summed E-state index contributed by atoms with van der Waals surface area (Å²) in [6.07, 6.45) is 1.54. The Morgan fingerprint density at radius 3 is 2.60 bits per heavy atom.